The van der Waals surface area contributed by atoms with E-state index in [4.69, 9.17) is 0 Å². The third kappa shape index (κ3) is 5.54. The molecule has 0 fully saturated rings. The monoisotopic (exact) mass is 334 g/mol. The fourth-order valence-electron chi connectivity index (χ4n) is 1.68. The Kier molecular flexibility index (Phi) is 5.62. The number of rotatable bonds is 6. The molecule has 21 heavy (non-hydrogen) atoms. The van der Waals surface area contributed by atoms with Gasteiger partial charge >= 0.3 is 5.97 Å². The highest BCUT2D eigenvalue weighted by Crippen LogP contribution is 2.24. The SMILES string of the molecule is CC(C)(Cc1cccc(S(C)(=O)=O)c1)C(=O)ONS(=O)[O-]. The molecule has 1 N–H and O–H groups in total. The van der Waals surface area contributed by atoms with Crippen LogP contribution in [0.1, 0.15) is 19.4 Å². The maximum Gasteiger partial charge on any atom is 0.331 e. The van der Waals surface area contributed by atoms with E-state index in [1.54, 1.807) is 30.9 Å². The van der Waals surface area contributed by atoms with Crippen LogP contribution in [0.25, 0.3) is 0 Å². The van der Waals surface area contributed by atoms with Gasteiger partial charge in [0.25, 0.3) is 0 Å². The Labute approximate surface area is 126 Å². The minimum absolute atomic E-state index is 0.156. The van der Waals surface area contributed by atoms with Gasteiger partial charge in [-0.25, -0.2) is 13.2 Å². The largest absolute Gasteiger partial charge is 0.758 e. The van der Waals surface area contributed by atoms with Crippen LogP contribution in [0.5, 0.6) is 0 Å². The summed E-state index contributed by atoms with van der Waals surface area (Å²) >= 11 is -2.71. The van der Waals surface area contributed by atoms with Crippen LogP contribution < -0.4 is 4.89 Å². The van der Waals surface area contributed by atoms with E-state index < -0.39 is 32.5 Å². The zero-order chi connectivity index (χ0) is 16.3. The van der Waals surface area contributed by atoms with Gasteiger partial charge in [0.05, 0.1) is 21.6 Å². The van der Waals surface area contributed by atoms with Gasteiger partial charge in [-0.15, -0.1) is 0 Å². The van der Waals surface area contributed by atoms with E-state index in [1.807, 2.05) is 0 Å². The third-order valence-electron chi connectivity index (χ3n) is 2.73. The lowest BCUT2D eigenvalue weighted by Crippen LogP contribution is -2.34. The summed E-state index contributed by atoms with van der Waals surface area (Å²) in [6.45, 7) is 3.13. The average molecular weight is 334 g/mol. The summed E-state index contributed by atoms with van der Waals surface area (Å²) in [5.41, 5.74) is -0.397. The molecule has 0 aliphatic rings. The van der Waals surface area contributed by atoms with Gasteiger partial charge in [-0.05, 0) is 38.0 Å². The van der Waals surface area contributed by atoms with Gasteiger partial charge in [0, 0.05) is 6.26 Å². The molecule has 0 amide bonds. The van der Waals surface area contributed by atoms with Crippen molar-refractivity contribution in [2.24, 2.45) is 5.41 Å². The van der Waals surface area contributed by atoms with Crippen LogP contribution >= 0.6 is 0 Å². The summed E-state index contributed by atoms with van der Waals surface area (Å²) in [7, 11) is -3.33. The van der Waals surface area contributed by atoms with Gasteiger partial charge in [-0.2, -0.15) is 0 Å². The first-order valence-electron chi connectivity index (χ1n) is 5.87. The van der Waals surface area contributed by atoms with Crippen molar-refractivity contribution < 1.29 is 26.8 Å². The van der Waals surface area contributed by atoms with E-state index in [0.29, 0.717) is 5.56 Å². The summed E-state index contributed by atoms with van der Waals surface area (Å²) in [6, 6.07) is 6.21. The van der Waals surface area contributed by atoms with E-state index in [1.165, 1.54) is 12.1 Å². The molecular weight excluding hydrogens is 318 g/mol. The summed E-state index contributed by atoms with van der Waals surface area (Å²) < 4.78 is 43.6. The average Bonchev–Trinajstić information content (AvgIpc) is 2.34. The molecule has 0 bridgehead atoms. The molecule has 1 atom stereocenters. The summed E-state index contributed by atoms with van der Waals surface area (Å²) in [5.74, 6) is -0.767. The highest BCUT2D eigenvalue weighted by Gasteiger charge is 2.30. The minimum atomic E-state index is -3.33. The minimum Gasteiger partial charge on any atom is -0.758 e. The molecule has 0 saturated carbocycles. The van der Waals surface area contributed by atoms with Crippen molar-refractivity contribution in [3.05, 3.63) is 29.8 Å². The second kappa shape index (κ2) is 6.65. The first kappa shape index (κ1) is 17.8. The van der Waals surface area contributed by atoms with Crippen LogP contribution in [0.15, 0.2) is 29.2 Å². The number of hydrogen-bond donors (Lipinski definition) is 1. The summed E-state index contributed by atoms with van der Waals surface area (Å²) in [6.07, 6.45) is 1.29. The topological polar surface area (TPSA) is 113 Å². The number of carbonyl (C=O) groups is 1. The number of benzene rings is 1. The Morgan fingerprint density at radius 2 is 2.05 bits per heavy atom. The molecule has 9 heteroatoms. The van der Waals surface area contributed by atoms with E-state index in [-0.39, 0.29) is 11.3 Å². The molecule has 1 rings (SSSR count). The first-order valence-corrected chi connectivity index (χ1v) is 8.84. The van der Waals surface area contributed by atoms with Crippen LogP contribution in [0.3, 0.4) is 0 Å². The van der Waals surface area contributed by atoms with Crippen molar-refractivity contribution in [1.29, 1.82) is 0 Å². The zero-order valence-corrected chi connectivity index (χ0v) is 13.4. The predicted molar refractivity (Wildman–Crippen MR) is 75.2 cm³/mol. The van der Waals surface area contributed by atoms with Gasteiger partial charge in [0.15, 0.2) is 9.84 Å². The van der Waals surface area contributed by atoms with Crippen LogP contribution in [0.4, 0.5) is 0 Å². The quantitative estimate of drug-likeness (QED) is 0.599. The number of nitrogens with one attached hydrogen (secondary N) is 1. The number of hydrogen-bond acceptors (Lipinski definition) is 6. The molecule has 7 nitrogen and oxygen atoms in total. The van der Waals surface area contributed by atoms with Crippen LogP contribution in [0, 0.1) is 5.41 Å². The molecule has 0 aliphatic heterocycles. The highest BCUT2D eigenvalue weighted by atomic mass is 32.2. The number of carbonyl (C=O) groups excluding carboxylic acids is 1. The predicted octanol–water partition coefficient (Wildman–Crippen LogP) is 0.501. The molecular formula is C12H16NO6S2-. The Balaban J connectivity index is 2.89. The normalized spacial score (nSPS) is 13.7. The molecule has 0 aromatic heterocycles. The van der Waals surface area contributed by atoms with Crippen molar-refractivity contribution >= 4 is 27.1 Å². The van der Waals surface area contributed by atoms with E-state index in [0.717, 1.165) is 6.26 Å². The molecule has 118 valence electrons. The molecule has 0 aliphatic carbocycles. The molecule has 1 unspecified atom stereocenters. The van der Waals surface area contributed by atoms with E-state index in [2.05, 4.69) is 4.84 Å². The second-order valence-corrected chi connectivity index (χ2v) is 7.84. The standard InChI is InChI=1S/C12H17NO6S2/c1-12(2,11(14)19-13-20(15)16)8-9-5-4-6-10(7-9)21(3,17)18/h4-7,13H,8H2,1-3H3,(H,15,16)/p-1. The Morgan fingerprint density at radius 3 is 2.57 bits per heavy atom. The fraction of sp³-hybridized carbons (Fsp3) is 0.417. The zero-order valence-electron chi connectivity index (χ0n) is 11.8. The van der Waals surface area contributed by atoms with Gasteiger partial charge in [-0.3, -0.25) is 4.21 Å². The molecule has 0 saturated heterocycles. The van der Waals surface area contributed by atoms with Crippen molar-refractivity contribution in [3.63, 3.8) is 0 Å². The highest BCUT2D eigenvalue weighted by molar-refractivity contribution is 7.90. The van der Waals surface area contributed by atoms with Crippen LogP contribution in [0.2, 0.25) is 0 Å². The lowest BCUT2D eigenvalue weighted by atomic mass is 9.86. The molecule has 0 spiro atoms. The molecule has 1 aromatic rings. The lowest BCUT2D eigenvalue weighted by molar-refractivity contribution is -0.157. The maximum absolute atomic E-state index is 11.8. The summed E-state index contributed by atoms with van der Waals surface area (Å²) in [5, 5.41) is 0. The molecule has 0 heterocycles. The smallest absolute Gasteiger partial charge is 0.331 e. The van der Waals surface area contributed by atoms with Crippen molar-refractivity contribution in [2.45, 2.75) is 25.2 Å². The summed E-state index contributed by atoms with van der Waals surface area (Å²) in [4.78, 5) is 17.9. The lowest BCUT2D eigenvalue weighted by Gasteiger charge is -2.22. The van der Waals surface area contributed by atoms with Crippen LogP contribution in [-0.4, -0.2) is 29.4 Å². The van der Waals surface area contributed by atoms with Crippen LogP contribution in [-0.2, 0) is 37.2 Å². The van der Waals surface area contributed by atoms with Gasteiger partial charge in [0.2, 0.25) is 0 Å². The van der Waals surface area contributed by atoms with Gasteiger partial charge < -0.3 is 9.39 Å². The van der Waals surface area contributed by atoms with Crippen molar-refractivity contribution in [3.8, 4) is 0 Å². The molecule has 0 radical (unpaired) electrons. The maximum atomic E-state index is 11.8. The molecule has 1 aromatic carbocycles. The van der Waals surface area contributed by atoms with Crippen molar-refractivity contribution in [1.82, 2.24) is 4.89 Å². The second-order valence-electron chi connectivity index (χ2n) is 5.19. The van der Waals surface area contributed by atoms with Gasteiger partial charge in [-0.1, -0.05) is 17.0 Å². The van der Waals surface area contributed by atoms with Crippen molar-refractivity contribution in [2.75, 3.05) is 6.26 Å². The van der Waals surface area contributed by atoms with E-state index in [9.17, 15) is 22.0 Å². The Bertz CT molecular complexity index is 653. The van der Waals surface area contributed by atoms with E-state index >= 15 is 0 Å². The first-order chi connectivity index (χ1) is 9.52. The van der Waals surface area contributed by atoms with Gasteiger partial charge in [0.1, 0.15) is 0 Å². The number of sulfone groups is 1. The Morgan fingerprint density at radius 1 is 1.43 bits per heavy atom. The third-order valence-corrected chi connectivity index (χ3v) is 4.06. The fourth-order valence-corrected chi connectivity index (χ4v) is 2.51. The Hall–Kier alpha value is -1.29.